The lowest BCUT2D eigenvalue weighted by Gasteiger charge is -2.16. The van der Waals surface area contributed by atoms with E-state index in [4.69, 9.17) is 9.05 Å². The molecule has 4 nitrogen and oxygen atoms in total. The quantitative estimate of drug-likeness (QED) is 0.670. The first kappa shape index (κ1) is 15.2. The first-order valence-corrected chi connectivity index (χ1v) is 8.79. The van der Waals surface area contributed by atoms with Gasteiger partial charge in [0.15, 0.2) is 0 Å². The van der Waals surface area contributed by atoms with Crippen molar-refractivity contribution in [3.8, 4) is 0 Å². The van der Waals surface area contributed by atoms with Crippen LogP contribution in [0.1, 0.15) is 27.7 Å². The molecular formula is C11H22NO3PS. The van der Waals surface area contributed by atoms with Gasteiger partial charge in [0.25, 0.3) is 0 Å². The summed E-state index contributed by atoms with van der Waals surface area (Å²) in [6.45, 7) is 8.77. The smallest absolute Gasteiger partial charge is 0.309 e. The van der Waals surface area contributed by atoms with Crippen molar-refractivity contribution in [2.24, 2.45) is 10.9 Å². The van der Waals surface area contributed by atoms with Gasteiger partial charge in [-0.1, -0.05) is 13.8 Å². The Morgan fingerprint density at radius 3 is 2.41 bits per heavy atom. The molecule has 0 bridgehead atoms. The van der Waals surface area contributed by atoms with Gasteiger partial charge in [-0.2, -0.15) is 0 Å². The summed E-state index contributed by atoms with van der Waals surface area (Å²) < 4.78 is 22.8. The Morgan fingerprint density at radius 2 is 2.00 bits per heavy atom. The number of rotatable bonds is 7. The highest BCUT2D eigenvalue weighted by Gasteiger charge is 2.30. The SMILES string of the molecule is CCOP(=O)(CC1=N[C@H](C(C)C)CS1)OCC. The van der Waals surface area contributed by atoms with E-state index in [9.17, 15) is 4.57 Å². The average molecular weight is 279 g/mol. The molecule has 0 spiro atoms. The van der Waals surface area contributed by atoms with E-state index in [0.717, 1.165) is 10.8 Å². The molecule has 0 amide bonds. The van der Waals surface area contributed by atoms with E-state index >= 15 is 0 Å². The topological polar surface area (TPSA) is 47.9 Å². The molecule has 0 radical (unpaired) electrons. The molecule has 0 saturated carbocycles. The highest BCUT2D eigenvalue weighted by Crippen LogP contribution is 2.49. The van der Waals surface area contributed by atoms with Crippen LogP contribution in [0.15, 0.2) is 4.99 Å². The summed E-state index contributed by atoms with van der Waals surface area (Å²) in [7, 11) is -2.98. The van der Waals surface area contributed by atoms with Gasteiger partial charge in [0.05, 0.1) is 30.5 Å². The maximum Gasteiger partial charge on any atom is 0.337 e. The summed E-state index contributed by atoms with van der Waals surface area (Å²) in [6.07, 6.45) is 0.322. The Hall–Kier alpha value is 0.170. The van der Waals surface area contributed by atoms with Crippen LogP contribution in [0, 0.1) is 5.92 Å². The molecular weight excluding hydrogens is 257 g/mol. The fraction of sp³-hybridized carbons (Fsp3) is 0.909. The molecule has 0 aromatic rings. The van der Waals surface area contributed by atoms with Gasteiger partial charge in [-0.05, 0) is 19.8 Å². The molecule has 17 heavy (non-hydrogen) atoms. The molecule has 0 N–H and O–H groups in total. The standard InChI is InChI=1S/C11H22NO3PS/c1-5-14-16(13,15-6-2)7-11-12-10(8-17-11)9(3)4/h9-10H,5-8H2,1-4H3/t10-/m0/s1. The zero-order valence-corrected chi connectivity index (χ0v) is 12.7. The third kappa shape index (κ3) is 4.74. The minimum absolute atomic E-state index is 0.322. The second-order valence-corrected chi connectivity index (χ2v) is 7.40. The van der Waals surface area contributed by atoms with Gasteiger partial charge in [0.1, 0.15) is 0 Å². The minimum Gasteiger partial charge on any atom is -0.309 e. The largest absolute Gasteiger partial charge is 0.337 e. The first-order valence-electron chi connectivity index (χ1n) is 6.08. The number of thioether (sulfide) groups is 1. The Bertz CT molecular complexity index is 310. The van der Waals surface area contributed by atoms with Crippen LogP contribution in [-0.2, 0) is 13.6 Å². The summed E-state index contributed by atoms with van der Waals surface area (Å²) in [5.41, 5.74) is 0. The van der Waals surface area contributed by atoms with Crippen molar-refractivity contribution in [1.29, 1.82) is 0 Å². The second kappa shape index (κ2) is 6.93. The Balaban J connectivity index is 2.62. The Kier molecular flexibility index (Phi) is 6.21. The molecule has 1 rings (SSSR count). The van der Waals surface area contributed by atoms with Gasteiger partial charge < -0.3 is 9.05 Å². The zero-order valence-electron chi connectivity index (χ0n) is 11.0. The van der Waals surface area contributed by atoms with Crippen LogP contribution >= 0.6 is 19.4 Å². The van der Waals surface area contributed by atoms with E-state index in [1.54, 1.807) is 11.8 Å². The summed E-state index contributed by atoms with van der Waals surface area (Å²) in [4.78, 5) is 4.58. The zero-order chi connectivity index (χ0) is 12.9. The van der Waals surface area contributed by atoms with Crippen molar-refractivity contribution in [3.05, 3.63) is 0 Å². The molecule has 0 fully saturated rings. The minimum atomic E-state index is -2.98. The predicted molar refractivity (Wildman–Crippen MR) is 74.2 cm³/mol. The van der Waals surface area contributed by atoms with E-state index in [-0.39, 0.29) is 0 Å². The number of aliphatic imine (C=N–C) groups is 1. The van der Waals surface area contributed by atoms with Crippen molar-refractivity contribution in [3.63, 3.8) is 0 Å². The van der Waals surface area contributed by atoms with Crippen LogP contribution in [0.3, 0.4) is 0 Å². The molecule has 1 aliphatic rings. The van der Waals surface area contributed by atoms with Crippen molar-refractivity contribution >= 4 is 24.4 Å². The summed E-state index contributed by atoms with van der Waals surface area (Å²) in [6, 6.07) is 0.340. The fourth-order valence-corrected chi connectivity index (χ4v) is 4.89. The van der Waals surface area contributed by atoms with Crippen LogP contribution in [-0.4, -0.2) is 36.2 Å². The number of hydrogen-bond donors (Lipinski definition) is 0. The molecule has 0 aromatic heterocycles. The predicted octanol–water partition coefficient (Wildman–Crippen LogP) is 3.42. The van der Waals surface area contributed by atoms with Gasteiger partial charge in [0.2, 0.25) is 0 Å². The van der Waals surface area contributed by atoms with Crippen LogP contribution in [0.2, 0.25) is 0 Å². The average Bonchev–Trinajstić information content (AvgIpc) is 2.66. The lowest BCUT2D eigenvalue weighted by molar-refractivity contribution is 0.223. The maximum absolute atomic E-state index is 12.3. The molecule has 0 aromatic carbocycles. The van der Waals surface area contributed by atoms with Crippen LogP contribution in [0.5, 0.6) is 0 Å². The number of hydrogen-bond acceptors (Lipinski definition) is 5. The normalized spacial score (nSPS) is 21.0. The van der Waals surface area contributed by atoms with E-state index in [1.165, 1.54) is 0 Å². The molecule has 0 saturated heterocycles. The summed E-state index contributed by atoms with van der Waals surface area (Å²) in [5, 5.41) is 0.911. The van der Waals surface area contributed by atoms with Crippen molar-refractivity contribution in [2.45, 2.75) is 33.7 Å². The van der Waals surface area contributed by atoms with Crippen LogP contribution in [0.25, 0.3) is 0 Å². The molecule has 1 atom stereocenters. The third-order valence-electron chi connectivity index (χ3n) is 2.48. The molecule has 1 heterocycles. The maximum atomic E-state index is 12.3. The molecule has 0 aliphatic carbocycles. The van der Waals surface area contributed by atoms with Gasteiger partial charge in [-0.15, -0.1) is 11.8 Å². The van der Waals surface area contributed by atoms with Gasteiger partial charge in [-0.25, -0.2) is 0 Å². The molecule has 0 unspecified atom stereocenters. The van der Waals surface area contributed by atoms with E-state index in [0.29, 0.717) is 31.3 Å². The van der Waals surface area contributed by atoms with E-state index in [2.05, 4.69) is 18.8 Å². The van der Waals surface area contributed by atoms with Crippen LogP contribution in [0.4, 0.5) is 0 Å². The monoisotopic (exact) mass is 279 g/mol. The Morgan fingerprint density at radius 1 is 1.41 bits per heavy atom. The first-order chi connectivity index (χ1) is 8.00. The van der Waals surface area contributed by atoms with Gasteiger partial charge in [0, 0.05) is 5.75 Å². The molecule has 1 aliphatic heterocycles. The highest BCUT2D eigenvalue weighted by atomic mass is 32.2. The van der Waals surface area contributed by atoms with Crippen LogP contribution < -0.4 is 0 Å². The number of nitrogens with zero attached hydrogens (tertiary/aromatic N) is 1. The summed E-state index contributed by atoms with van der Waals surface area (Å²) >= 11 is 1.68. The van der Waals surface area contributed by atoms with E-state index in [1.807, 2.05) is 13.8 Å². The van der Waals surface area contributed by atoms with Crippen molar-refractivity contribution in [2.75, 3.05) is 25.1 Å². The highest BCUT2D eigenvalue weighted by molar-refractivity contribution is 8.14. The lowest BCUT2D eigenvalue weighted by atomic mass is 10.1. The molecule has 100 valence electrons. The fourth-order valence-electron chi connectivity index (χ4n) is 1.56. The van der Waals surface area contributed by atoms with Gasteiger partial charge in [-0.3, -0.25) is 9.56 Å². The Labute approximate surface area is 108 Å². The summed E-state index contributed by atoms with van der Waals surface area (Å²) in [5.74, 6) is 1.50. The van der Waals surface area contributed by atoms with E-state index < -0.39 is 7.60 Å². The second-order valence-electron chi connectivity index (χ2n) is 4.25. The third-order valence-corrected chi connectivity index (χ3v) is 5.78. The molecule has 6 heteroatoms. The van der Waals surface area contributed by atoms with Crippen molar-refractivity contribution in [1.82, 2.24) is 0 Å². The van der Waals surface area contributed by atoms with Gasteiger partial charge >= 0.3 is 7.60 Å². The lowest BCUT2D eigenvalue weighted by Crippen LogP contribution is -2.12. The van der Waals surface area contributed by atoms with Crippen molar-refractivity contribution < 1.29 is 13.6 Å².